The van der Waals surface area contributed by atoms with E-state index >= 15 is 0 Å². The van der Waals surface area contributed by atoms with Crippen molar-refractivity contribution in [2.45, 2.75) is 6.37 Å². The summed E-state index contributed by atoms with van der Waals surface area (Å²) in [4.78, 5) is 4.80. The summed E-state index contributed by atoms with van der Waals surface area (Å²) in [6.07, 6.45) is -1.54. The number of pyridine rings is 1. The van der Waals surface area contributed by atoms with Gasteiger partial charge in [-0.15, -0.1) is 0 Å². The SMILES string of the molecule is [2H]C1([2H])c2cc3ccccc3nc2-c2cccc3cccc1c23. The molecule has 0 fully saturated rings. The second kappa shape index (κ2) is 3.92. The molecule has 0 amide bonds. The molecule has 0 aliphatic heterocycles. The van der Waals surface area contributed by atoms with Gasteiger partial charge in [-0.05, 0) is 34.0 Å². The third-order valence-corrected chi connectivity index (χ3v) is 4.15. The molecule has 1 heterocycles. The van der Waals surface area contributed by atoms with Gasteiger partial charge in [0.05, 0.1) is 11.2 Å². The first kappa shape index (κ1) is 9.30. The zero-order valence-corrected chi connectivity index (χ0v) is 11.3. The summed E-state index contributed by atoms with van der Waals surface area (Å²) in [5, 5.41) is 3.02. The van der Waals surface area contributed by atoms with Gasteiger partial charge in [0.1, 0.15) is 0 Å². The van der Waals surface area contributed by atoms with Crippen LogP contribution in [0.4, 0.5) is 0 Å². The first-order chi connectivity index (χ1) is 11.2. The van der Waals surface area contributed by atoms with Gasteiger partial charge >= 0.3 is 0 Å². The van der Waals surface area contributed by atoms with Gasteiger partial charge in [-0.1, -0.05) is 54.6 Å². The van der Waals surface area contributed by atoms with E-state index in [0.717, 1.165) is 38.5 Å². The van der Waals surface area contributed by atoms with Gasteiger partial charge in [-0.2, -0.15) is 0 Å². The quantitative estimate of drug-likeness (QED) is 0.439. The van der Waals surface area contributed by atoms with Crippen LogP contribution < -0.4 is 0 Å². The number of nitrogens with zero attached hydrogens (tertiary/aromatic N) is 1. The summed E-state index contributed by atoms with van der Waals surface area (Å²) in [7, 11) is 0. The van der Waals surface area contributed by atoms with Crippen LogP contribution in [-0.2, 0) is 6.37 Å². The van der Waals surface area contributed by atoms with Crippen molar-refractivity contribution in [3.05, 3.63) is 77.9 Å². The average Bonchev–Trinajstić information content (AvgIpc) is 2.58. The topological polar surface area (TPSA) is 12.9 Å². The minimum atomic E-state index is -1.54. The number of rotatable bonds is 0. The average molecular weight is 269 g/mol. The largest absolute Gasteiger partial charge is 0.247 e. The zero-order valence-electron chi connectivity index (χ0n) is 13.3. The van der Waals surface area contributed by atoms with Crippen molar-refractivity contribution in [2.24, 2.45) is 0 Å². The number of para-hydroxylation sites is 1. The summed E-state index contributed by atoms with van der Waals surface area (Å²) in [5.74, 6) is 0. The smallest absolute Gasteiger partial charge is 0.0751 e. The molecule has 5 rings (SSSR count). The molecule has 3 aromatic carbocycles. The molecule has 1 aliphatic rings. The minimum absolute atomic E-state index is 0.655. The molecule has 1 nitrogen and oxygen atoms in total. The van der Waals surface area contributed by atoms with Gasteiger partial charge in [-0.25, -0.2) is 4.98 Å². The fourth-order valence-corrected chi connectivity index (χ4v) is 3.20. The van der Waals surface area contributed by atoms with Crippen LogP contribution in [0.3, 0.4) is 0 Å². The van der Waals surface area contributed by atoms with Crippen LogP contribution in [0.15, 0.2) is 66.7 Å². The maximum absolute atomic E-state index is 8.73. The van der Waals surface area contributed by atoms with Gasteiger partial charge in [0.2, 0.25) is 0 Å². The fourth-order valence-electron chi connectivity index (χ4n) is 3.20. The van der Waals surface area contributed by atoms with Crippen LogP contribution in [0, 0.1) is 0 Å². The van der Waals surface area contributed by atoms with Crippen LogP contribution in [-0.4, -0.2) is 4.98 Å². The summed E-state index contributed by atoms with van der Waals surface area (Å²) < 4.78 is 17.5. The van der Waals surface area contributed by atoms with E-state index in [4.69, 9.17) is 7.73 Å². The summed E-state index contributed by atoms with van der Waals surface area (Å²) in [5.41, 5.74) is 4.07. The van der Waals surface area contributed by atoms with Crippen molar-refractivity contribution in [2.75, 3.05) is 0 Å². The van der Waals surface area contributed by atoms with Gasteiger partial charge < -0.3 is 0 Å². The molecule has 98 valence electrons. The standard InChI is InChI=1S/C20H13N/c1-2-10-18-14(5-1)11-16-12-15-8-3-6-13-7-4-9-17(19(13)15)20(16)21-18/h1-11H,12H2/i12D2. The summed E-state index contributed by atoms with van der Waals surface area (Å²) in [6, 6.07) is 21.8. The molecule has 1 aromatic heterocycles. The highest BCUT2D eigenvalue weighted by molar-refractivity contribution is 6.02. The third kappa shape index (κ3) is 1.49. The molecule has 1 heteroatoms. The first-order valence-electron chi connectivity index (χ1n) is 8.09. The Balaban J connectivity index is 2.02. The molecule has 0 N–H and O–H groups in total. The van der Waals surface area contributed by atoms with Gasteiger partial charge in [0.25, 0.3) is 0 Å². The number of hydrogen-bond donors (Lipinski definition) is 0. The second-order valence-electron chi connectivity index (χ2n) is 5.41. The number of benzene rings is 3. The minimum Gasteiger partial charge on any atom is -0.247 e. The number of hydrogen-bond acceptors (Lipinski definition) is 1. The van der Waals surface area contributed by atoms with Crippen LogP contribution in [0.1, 0.15) is 13.9 Å². The van der Waals surface area contributed by atoms with Gasteiger partial charge in [0, 0.05) is 20.1 Å². The second-order valence-corrected chi connectivity index (χ2v) is 5.41. The molecule has 0 spiro atoms. The molecule has 0 bridgehead atoms. The lowest BCUT2D eigenvalue weighted by molar-refractivity contribution is 1.17. The van der Waals surface area contributed by atoms with Crippen molar-refractivity contribution in [3.63, 3.8) is 0 Å². The van der Waals surface area contributed by atoms with Crippen molar-refractivity contribution in [3.8, 4) is 11.3 Å². The molecule has 4 aromatic rings. The molecule has 0 atom stereocenters. The Hall–Kier alpha value is -2.67. The lowest BCUT2D eigenvalue weighted by atomic mass is 9.86. The Morgan fingerprint density at radius 2 is 1.62 bits per heavy atom. The third-order valence-electron chi connectivity index (χ3n) is 4.15. The predicted molar refractivity (Wildman–Crippen MR) is 87.5 cm³/mol. The molecule has 1 aliphatic carbocycles. The lowest BCUT2D eigenvalue weighted by Crippen LogP contribution is -2.03. The fraction of sp³-hybridized carbons (Fsp3) is 0.0500. The summed E-state index contributed by atoms with van der Waals surface area (Å²) >= 11 is 0. The van der Waals surface area contributed by atoms with E-state index in [1.807, 2.05) is 66.7 Å². The van der Waals surface area contributed by atoms with E-state index in [0.29, 0.717) is 5.56 Å². The maximum Gasteiger partial charge on any atom is 0.0751 e. The lowest BCUT2D eigenvalue weighted by Gasteiger charge is -2.20. The summed E-state index contributed by atoms with van der Waals surface area (Å²) in [6.45, 7) is 0. The molecule has 0 radical (unpaired) electrons. The van der Waals surface area contributed by atoms with Gasteiger partial charge in [-0.3, -0.25) is 0 Å². The Kier molecular flexibility index (Phi) is 1.74. The van der Waals surface area contributed by atoms with E-state index < -0.39 is 6.37 Å². The van der Waals surface area contributed by atoms with E-state index in [1.54, 1.807) is 0 Å². The van der Waals surface area contributed by atoms with Crippen LogP contribution in [0.25, 0.3) is 32.9 Å². The van der Waals surface area contributed by atoms with E-state index in [9.17, 15) is 0 Å². The van der Waals surface area contributed by atoms with Crippen molar-refractivity contribution in [1.29, 1.82) is 0 Å². The van der Waals surface area contributed by atoms with Gasteiger partial charge in [0.15, 0.2) is 0 Å². The van der Waals surface area contributed by atoms with Crippen molar-refractivity contribution < 1.29 is 2.74 Å². The van der Waals surface area contributed by atoms with E-state index in [1.165, 1.54) is 0 Å². The van der Waals surface area contributed by atoms with E-state index in [2.05, 4.69) is 0 Å². The van der Waals surface area contributed by atoms with Crippen molar-refractivity contribution >= 4 is 21.7 Å². The van der Waals surface area contributed by atoms with Crippen LogP contribution in [0.5, 0.6) is 0 Å². The Labute approximate surface area is 125 Å². The Morgan fingerprint density at radius 1 is 0.810 bits per heavy atom. The number of fused-ring (bicyclic) bond motifs is 3. The molecule has 0 saturated heterocycles. The monoisotopic (exact) mass is 269 g/mol. The molecule has 21 heavy (non-hydrogen) atoms. The molecular formula is C20H13N. The highest BCUT2D eigenvalue weighted by Crippen LogP contribution is 2.39. The van der Waals surface area contributed by atoms with Crippen LogP contribution in [0.2, 0.25) is 0 Å². The molecule has 0 unspecified atom stereocenters. The normalized spacial score (nSPS) is 16.4. The van der Waals surface area contributed by atoms with Crippen LogP contribution >= 0.6 is 0 Å². The first-order valence-corrected chi connectivity index (χ1v) is 7.09. The highest BCUT2D eigenvalue weighted by Gasteiger charge is 2.19. The zero-order chi connectivity index (χ0) is 15.6. The molecular weight excluding hydrogens is 254 g/mol. The number of aromatic nitrogens is 1. The maximum atomic E-state index is 8.73. The van der Waals surface area contributed by atoms with Crippen molar-refractivity contribution in [1.82, 2.24) is 4.98 Å². The predicted octanol–water partition coefficient (Wildman–Crippen LogP) is 4.96. The highest BCUT2D eigenvalue weighted by atomic mass is 14.7. The Bertz CT molecular complexity index is 1090. The van der Waals surface area contributed by atoms with E-state index in [-0.39, 0.29) is 0 Å². The Morgan fingerprint density at radius 3 is 2.57 bits per heavy atom. The molecule has 0 saturated carbocycles.